The summed E-state index contributed by atoms with van der Waals surface area (Å²) in [7, 11) is 0. The van der Waals surface area contributed by atoms with Crippen molar-refractivity contribution < 1.29 is 9.59 Å². The van der Waals surface area contributed by atoms with Crippen molar-refractivity contribution in [2.45, 2.75) is 38.6 Å². The Balaban J connectivity index is 1.62. The summed E-state index contributed by atoms with van der Waals surface area (Å²) in [5.41, 5.74) is 7.21. The van der Waals surface area contributed by atoms with Crippen molar-refractivity contribution in [2.24, 2.45) is 0 Å². The highest BCUT2D eigenvalue weighted by Gasteiger charge is 2.28. The van der Waals surface area contributed by atoms with Crippen LogP contribution in [0.2, 0.25) is 5.02 Å². The Bertz CT molecular complexity index is 1070. The van der Waals surface area contributed by atoms with E-state index in [0.717, 1.165) is 18.5 Å². The second kappa shape index (κ2) is 7.24. The van der Waals surface area contributed by atoms with Gasteiger partial charge in [-0.1, -0.05) is 23.7 Å². The number of benzene rings is 1. The number of aromatic nitrogens is 3. The molecule has 1 fully saturated rings. The highest BCUT2D eigenvalue weighted by atomic mass is 35.5. The summed E-state index contributed by atoms with van der Waals surface area (Å²) in [5, 5.41) is 5.35. The summed E-state index contributed by atoms with van der Waals surface area (Å²) in [6.07, 6.45) is 3.78. The standard InChI is InChI=1S/C20H20ClN5O2/c1-11(2)26-18-15(10-22-26)14(9-17(23-18)12-7-8-12)20(28)25-24-19(27)13-5-3-4-6-16(13)21/h3-6,9-12H,7-8H2,1-2H3,(H,24,27)(H,25,28). The lowest BCUT2D eigenvalue weighted by Gasteiger charge is -2.11. The highest BCUT2D eigenvalue weighted by molar-refractivity contribution is 6.33. The number of hydrogen-bond acceptors (Lipinski definition) is 4. The van der Waals surface area contributed by atoms with Crippen LogP contribution in [0.25, 0.3) is 11.0 Å². The highest BCUT2D eigenvalue weighted by Crippen LogP contribution is 2.40. The normalized spacial score (nSPS) is 13.7. The Kier molecular flexibility index (Phi) is 4.77. The van der Waals surface area contributed by atoms with E-state index in [2.05, 4.69) is 16.0 Å². The molecule has 7 nitrogen and oxygen atoms in total. The quantitative estimate of drug-likeness (QED) is 0.658. The lowest BCUT2D eigenvalue weighted by atomic mass is 10.1. The van der Waals surface area contributed by atoms with E-state index in [1.165, 1.54) is 0 Å². The van der Waals surface area contributed by atoms with Gasteiger partial charge in [0.05, 0.1) is 27.7 Å². The van der Waals surface area contributed by atoms with E-state index in [1.54, 1.807) is 41.2 Å². The lowest BCUT2D eigenvalue weighted by molar-refractivity contribution is 0.0847. The largest absolute Gasteiger partial charge is 0.271 e. The third-order valence-electron chi connectivity index (χ3n) is 4.72. The van der Waals surface area contributed by atoms with Gasteiger partial charge >= 0.3 is 0 Å². The third-order valence-corrected chi connectivity index (χ3v) is 5.05. The van der Waals surface area contributed by atoms with Crippen LogP contribution in [0.3, 0.4) is 0 Å². The maximum atomic E-state index is 12.8. The van der Waals surface area contributed by atoms with Crippen LogP contribution in [0.1, 0.15) is 65.1 Å². The van der Waals surface area contributed by atoms with Crippen molar-refractivity contribution in [2.75, 3.05) is 0 Å². The smallest absolute Gasteiger partial charge is 0.267 e. The predicted molar refractivity (Wildman–Crippen MR) is 106 cm³/mol. The Labute approximate surface area is 167 Å². The maximum absolute atomic E-state index is 12.8. The molecule has 2 heterocycles. The van der Waals surface area contributed by atoms with Crippen molar-refractivity contribution in [3.05, 3.63) is 58.4 Å². The summed E-state index contributed by atoms with van der Waals surface area (Å²) in [6, 6.07) is 8.56. The molecule has 2 N–H and O–H groups in total. The van der Waals surface area contributed by atoms with Crippen LogP contribution in [-0.2, 0) is 0 Å². The number of nitrogens with zero attached hydrogens (tertiary/aromatic N) is 3. The first-order valence-electron chi connectivity index (χ1n) is 9.19. The fraction of sp³-hybridized carbons (Fsp3) is 0.300. The van der Waals surface area contributed by atoms with Crippen LogP contribution < -0.4 is 10.9 Å². The zero-order valence-electron chi connectivity index (χ0n) is 15.6. The molecule has 0 atom stereocenters. The van der Waals surface area contributed by atoms with E-state index in [0.29, 0.717) is 27.5 Å². The molecule has 0 aliphatic heterocycles. The summed E-state index contributed by atoms with van der Waals surface area (Å²) in [5.74, 6) is -0.522. The van der Waals surface area contributed by atoms with Crippen molar-refractivity contribution in [3.8, 4) is 0 Å². The van der Waals surface area contributed by atoms with Crippen LogP contribution in [0.4, 0.5) is 0 Å². The van der Waals surface area contributed by atoms with Gasteiger partial charge < -0.3 is 0 Å². The maximum Gasteiger partial charge on any atom is 0.271 e. The number of fused-ring (bicyclic) bond motifs is 1. The van der Waals surface area contributed by atoms with Crippen molar-refractivity contribution in [3.63, 3.8) is 0 Å². The summed E-state index contributed by atoms with van der Waals surface area (Å²) >= 11 is 6.03. The van der Waals surface area contributed by atoms with Crippen LogP contribution in [0.5, 0.6) is 0 Å². The minimum Gasteiger partial charge on any atom is -0.267 e. The zero-order chi connectivity index (χ0) is 19.8. The Morgan fingerprint density at radius 3 is 2.46 bits per heavy atom. The molecule has 1 aliphatic carbocycles. The number of nitrogens with one attached hydrogen (secondary N) is 2. The number of amides is 2. The molecule has 28 heavy (non-hydrogen) atoms. The third kappa shape index (κ3) is 3.45. The van der Waals surface area contributed by atoms with E-state index in [9.17, 15) is 9.59 Å². The average Bonchev–Trinajstić information content (AvgIpc) is 3.44. The number of hydrogen-bond donors (Lipinski definition) is 2. The van der Waals surface area contributed by atoms with Crippen molar-refractivity contribution >= 4 is 34.4 Å². The van der Waals surface area contributed by atoms with E-state index in [1.807, 2.05) is 13.8 Å². The molecule has 4 rings (SSSR count). The van der Waals surface area contributed by atoms with Gasteiger partial charge in [-0.05, 0) is 44.9 Å². The van der Waals surface area contributed by atoms with E-state index in [4.69, 9.17) is 16.6 Å². The van der Waals surface area contributed by atoms with Crippen LogP contribution in [0, 0.1) is 0 Å². The van der Waals surface area contributed by atoms with Crippen LogP contribution >= 0.6 is 11.6 Å². The Morgan fingerprint density at radius 1 is 1.14 bits per heavy atom. The molecule has 8 heteroatoms. The zero-order valence-corrected chi connectivity index (χ0v) is 16.3. The predicted octanol–water partition coefficient (Wildman–Crippen LogP) is 3.62. The number of hydrazine groups is 1. The molecule has 0 spiro atoms. The van der Waals surface area contributed by atoms with Crippen LogP contribution in [-0.4, -0.2) is 26.6 Å². The molecule has 0 unspecified atom stereocenters. The second-order valence-corrected chi connectivity index (χ2v) is 7.58. The van der Waals surface area contributed by atoms with Gasteiger partial charge in [0.15, 0.2) is 5.65 Å². The molecule has 0 radical (unpaired) electrons. The molecule has 1 aromatic carbocycles. The molecule has 0 saturated heterocycles. The van der Waals surface area contributed by atoms with Gasteiger partial charge in [-0.3, -0.25) is 20.4 Å². The molecule has 144 valence electrons. The Hall–Kier alpha value is -2.93. The number of rotatable bonds is 4. The SMILES string of the molecule is CC(C)n1ncc2c(C(=O)NNC(=O)c3ccccc3Cl)cc(C3CC3)nc21. The van der Waals surface area contributed by atoms with Gasteiger partial charge in [-0.15, -0.1) is 0 Å². The molecule has 1 aliphatic rings. The minimum absolute atomic E-state index is 0.121. The summed E-state index contributed by atoms with van der Waals surface area (Å²) < 4.78 is 1.81. The Morgan fingerprint density at radius 2 is 1.82 bits per heavy atom. The van der Waals surface area contributed by atoms with Gasteiger partial charge in [-0.25, -0.2) is 9.67 Å². The number of pyridine rings is 1. The lowest BCUT2D eigenvalue weighted by Crippen LogP contribution is -2.41. The second-order valence-electron chi connectivity index (χ2n) is 7.18. The van der Waals surface area contributed by atoms with Gasteiger partial charge in [0, 0.05) is 17.7 Å². The van der Waals surface area contributed by atoms with Gasteiger partial charge in [0.1, 0.15) is 0 Å². The first-order chi connectivity index (χ1) is 13.5. The van der Waals surface area contributed by atoms with Crippen molar-refractivity contribution in [1.29, 1.82) is 0 Å². The molecule has 2 aromatic heterocycles. The topological polar surface area (TPSA) is 88.9 Å². The first kappa shape index (κ1) is 18.4. The molecule has 2 amide bonds. The first-order valence-corrected chi connectivity index (χ1v) is 9.57. The number of carbonyl (C=O) groups excluding carboxylic acids is 2. The summed E-state index contributed by atoms with van der Waals surface area (Å²) in [4.78, 5) is 29.9. The minimum atomic E-state index is -0.482. The van der Waals surface area contributed by atoms with E-state index in [-0.39, 0.29) is 11.6 Å². The average molecular weight is 398 g/mol. The summed E-state index contributed by atoms with van der Waals surface area (Å²) in [6.45, 7) is 4.03. The van der Waals surface area contributed by atoms with Gasteiger partial charge in [-0.2, -0.15) is 5.10 Å². The molecular formula is C20H20ClN5O2. The number of carbonyl (C=O) groups is 2. The fourth-order valence-electron chi connectivity index (χ4n) is 3.08. The fourth-order valence-corrected chi connectivity index (χ4v) is 3.31. The molecule has 1 saturated carbocycles. The number of halogens is 1. The van der Waals surface area contributed by atoms with Crippen molar-refractivity contribution in [1.82, 2.24) is 25.6 Å². The van der Waals surface area contributed by atoms with E-state index >= 15 is 0 Å². The monoisotopic (exact) mass is 397 g/mol. The molecule has 0 bridgehead atoms. The molecule has 3 aromatic rings. The molecular weight excluding hydrogens is 378 g/mol. The van der Waals surface area contributed by atoms with Crippen LogP contribution in [0.15, 0.2) is 36.5 Å². The van der Waals surface area contributed by atoms with E-state index < -0.39 is 11.8 Å². The van der Waals surface area contributed by atoms with Gasteiger partial charge in [0.25, 0.3) is 11.8 Å². The van der Waals surface area contributed by atoms with Gasteiger partial charge in [0.2, 0.25) is 0 Å².